The fourth-order valence-electron chi connectivity index (χ4n) is 4.02. The van der Waals surface area contributed by atoms with Gasteiger partial charge in [0.2, 0.25) is 0 Å². The topological polar surface area (TPSA) is 67.9 Å². The third-order valence-electron chi connectivity index (χ3n) is 6.05. The highest BCUT2D eigenvalue weighted by molar-refractivity contribution is 6.01. The zero-order valence-electron chi connectivity index (χ0n) is 19.8. The van der Waals surface area contributed by atoms with Gasteiger partial charge in [0.1, 0.15) is 11.5 Å². The Morgan fingerprint density at radius 2 is 1.85 bits per heavy atom. The highest BCUT2D eigenvalue weighted by Gasteiger charge is 2.31. The summed E-state index contributed by atoms with van der Waals surface area (Å²) >= 11 is 0. The van der Waals surface area contributed by atoms with Gasteiger partial charge >= 0.3 is 0 Å². The van der Waals surface area contributed by atoms with Crippen molar-refractivity contribution in [3.63, 3.8) is 0 Å². The van der Waals surface area contributed by atoms with E-state index in [9.17, 15) is 9.59 Å². The van der Waals surface area contributed by atoms with Gasteiger partial charge in [-0.2, -0.15) is 0 Å². The van der Waals surface area contributed by atoms with Gasteiger partial charge in [-0.15, -0.1) is 0 Å². The van der Waals surface area contributed by atoms with E-state index in [0.29, 0.717) is 29.4 Å². The Bertz CT molecular complexity index is 1180. The number of nitrogens with zero attached hydrogens (tertiary/aromatic N) is 1. The summed E-state index contributed by atoms with van der Waals surface area (Å²) in [6, 6.07) is 21.3. The van der Waals surface area contributed by atoms with E-state index in [1.807, 2.05) is 50.2 Å². The molecule has 6 nitrogen and oxygen atoms in total. The molecule has 0 saturated heterocycles. The second-order valence-electron chi connectivity index (χ2n) is 8.56. The van der Waals surface area contributed by atoms with E-state index in [4.69, 9.17) is 9.47 Å². The molecular formula is C28H30N2O4. The minimum Gasteiger partial charge on any atom is -0.483 e. The first-order valence-corrected chi connectivity index (χ1v) is 11.6. The van der Waals surface area contributed by atoms with Crippen LogP contribution in [0.5, 0.6) is 11.5 Å². The Morgan fingerprint density at radius 3 is 2.65 bits per heavy atom. The first kappa shape index (κ1) is 23.4. The molecule has 3 aromatic rings. The Morgan fingerprint density at radius 1 is 1.06 bits per heavy atom. The van der Waals surface area contributed by atoms with Crippen LogP contribution < -0.4 is 19.7 Å². The molecule has 34 heavy (non-hydrogen) atoms. The van der Waals surface area contributed by atoms with Crippen molar-refractivity contribution in [1.29, 1.82) is 0 Å². The molecule has 1 unspecified atom stereocenters. The molecule has 0 radical (unpaired) electrons. The first-order valence-electron chi connectivity index (χ1n) is 11.6. The van der Waals surface area contributed by atoms with Crippen LogP contribution in [0.4, 0.5) is 11.4 Å². The number of fused-ring (bicyclic) bond motifs is 1. The number of aryl methyl sites for hydroxylation is 2. The van der Waals surface area contributed by atoms with Gasteiger partial charge in [-0.1, -0.05) is 42.5 Å². The van der Waals surface area contributed by atoms with Crippen LogP contribution in [0.2, 0.25) is 0 Å². The van der Waals surface area contributed by atoms with Gasteiger partial charge < -0.3 is 19.7 Å². The van der Waals surface area contributed by atoms with E-state index in [-0.39, 0.29) is 18.4 Å². The van der Waals surface area contributed by atoms with E-state index in [1.165, 1.54) is 5.56 Å². The average Bonchev–Trinajstić information content (AvgIpc) is 2.83. The van der Waals surface area contributed by atoms with Crippen LogP contribution in [0.1, 0.15) is 30.0 Å². The molecule has 0 spiro atoms. The van der Waals surface area contributed by atoms with Crippen molar-refractivity contribution in [3.8, 4) is 11.5 Å². The molecule has 0 aliphatic carbocycles. The maximum absolute atomic E-state index is 12.9. The molecule has 2 amide bonds. The van der Waals surface area contributed by atoms with Crippen molar-refractivity contribution >= 4 is 23.2 Å². The van der Waals surface area contributed by atoms with Gasteiger partial charge in [-0.3, -0.25) is 9.59 Å². The number of anilines is 2. The largest absolute Gasteiger partial charge is 0.483 e. The highest BCUT2D eigenvalue weighted by atomic mass is 16.5. The summed E-state index contributed by atoms with van der Waals surface area (Å²) in [5.41, 5.74) is 4.62. The molecule has 0 bridgehead atoms. The maximum Gasteiger partial charge on any atom is 0.267 e. The Hall–Kier alpha value is -3.80. The smallest absolute Gasteiger partial charge is 0.267 e. The van der Waals surface area contributed by atoms with E-state index in [2.05, 4.69) is 17.4 Å². The van der Waals surface area contributed by atoms with Crippen LogP contribution in [0.15, 0.2) is 66.7 Å². The van der Waals surface area contributed by atoms with Gasteiger partial charge in [0.25, 0.3) is 11.8 Å². The summed E-state index contributed by atoms with van der Waals surface area (Å²) < 4.78 is 11.5. The lowest BCUT2D eigenvalue weighted by Crippen LogP contribution is -2.45. The summed E-state index contributed by atoms with van der Waals surface area (Å²) in [5.74, 6) is 0.977. The minimum absolute atomic E-state index is 0.0812. The molecule has 0 fully saturated rings. The molecule has 3 aromatic carbocycles. The Balaban J connectivity index is 1.42. The summed E-state index contributed by atoms with van der Waals surface area (Å²) in [5, 5.41) is 2.87. The van der Waals surface area contributed by atoms with Crippen molar-refractivity contribution in [2.75, 3.05) is 23.4 Å². The van der Waals surface area contributed by atoms with Crippen LogP contribution in [-0.2, 0) is 16.0 Å². The van der Waals surface area contributed by atoms with Gasteiger partial charge in [0.15, 0.2) is 12.7 Å². The summed E-state index contributed by atoms with van der Waals surface area (Å²) in [7, 11) is 0. The molecule has 0 aromatic heterocycles. The molecule has 1 N–H and O–H groups in total. The van der Waals surface area contributed by atoms with Gasteiger partial charge in [0, 0.05) is 12.2 Å². The lowest BCUT2D eigenvalue weighted by atomic mass is 10.1. The summed E-state index contributed by atoms with van der Waals surface area (Å²) in [6.45, 7) is 6.20. The lowest BCUT2D eigenvalue weighted by Gasteiger charge is -2.33. The second kappa shape index (κ2) is 10.4. The molecule has 0 saturated carbocycles. The van der Waals surface area contributed by atoms with Crippen LogP contribution in [0.25, 0.3) is 0 Å². The minimum atomic E-state index is -0.546. The van der Waals surface area contributed by atoms with Crippen molar-refractivity contribution in [2.45, 2.75) is 39.7 Å². The monoisotopic (exact) mass is 458 g/mol. The Labute approximate surface area is 200 Å². The van der Waals surface area contributed by atoms with Crippen LogP contribution >= 0.6 is 0 Å². The van der Waals surface area contributed by atoms with E-state index in [1.54, 1.807) is 30.0 Å². The third kappa shape index (κ3) is 5.39. The molecule has 1 atom stereocenters. The molecule has 1 heterocycles. The number of rotatable bonds is 8. The number of amides is 2. The van der Waals surface area contributed by atoms with Crippen molar-refractivity contribution in [2.24, 2.45) is 0 Å². The predicted molar refractivity (Wildman–Crippen MR) is 134 cm³/mol. The average molecular weight is 459 g/mol. The third-order valence-corrected chi connectivity index (χ3v) is 6.05. The lowest BCUT2D eigenvalue weighted by molar-refractivity contribution is -0.125. The normalized spacial score (nSPS) is 14.9. The standard InChI is InChI=1S/C28H30N2O4/c1-19-9-7-13-25(20(19)2)33-18-27(31)29-23-14-15-26-24(17-23)30(28(32)21(3)34-26)16-8-12-22-10-5-4-6-11-22/h4-7,9-11,13-15,17,21H,8,12,16,18H2,1-3H3,(H,29,31). The zero-order chi connectivity index (χ0) is 24.1. The van der Waals surface area contributed by atoms with E-state index in [0.717, 1.165) is 24.0 Å². The maximum atomic E-state index is 12.9. The molecular weight excluding hydrogens is 428 g/mol. The van der Waals surface area contributed by atoms with Crippen molar-refractivity contribution < 1.29 is 19.1 Å². The number of carbonyl (C=O) groups is 2. The molecule has 1 aliphatic heterocycles. The highest BCUT2D eigenvalue weighted by Crippen LogP contribution is 2.36. The van der Waals surface area contributed by atoms with Crippen LogP contribution in [0, 0.1) is 13.8 Å². The summed E-state index contributed by atoms with van der Waals surface area (Å²) in [4.78, 5) is 27.2. The van der Waals surface area contributed by atoms with Gasteiger partial charge in [-0.05, 0) is 74.6 Å². The van der Waals surface area contributed by atoms with Gasteiger partial charge in [-0.25, -0.2) is 0 Å². The van der Waals surface area contributed by atoms with Crippen molar-refractivity contribution in [3.05, 3.63) is 83.4 Å². The second-order valence-corrected chi connectivity index (χ2v) is 8.56. The van der Waals surface area contributed by atoms with Crippen LogP contribution in [0.3, 0.4) is 0 Å². The Kier molecular flexibility index (Phi) is 7.16. The number of hydrogen-bond donors (Lipinski definition) is 1. The fourth-order valence-corrected chi connectivity index (χ4v) is 4.02. The van der Waals surface area contributed by atoms with Crippen LogP contribution in [-0.4, -0.2) is 31.1 Å². The molecule has 4 rings (SSSR count). The fraction of sp³-hybridized carbons (Fsp3) is 0.286. The number of carbonyl (C=O) groups excluding carboxylic acids is 2. The molecule has 6 heteroatoms. The number of benzene rings is 3. The predicted octanol–water partition coefficient (Wildman–Crippen LogP) is 5.07. The van der Waals surface area contributed by atoms with Crippen molar-refractivity contribution in [1.82, 2.24) is 0 Å². The van der Waals surface area contributed by atoms with E-state index >= 15 is 0 Å². The number of nitrogens with one attached hydrogen (secondary N) is 1. The molecule has 1 aliphatic rings. The van der Waals surface area contributed by atoms with Gasteiger partial charge in [0.05, 0.1) is 5.69 Å². The SMILES string of the molecule is Cc1cccc(OCC(=O)Nc2ccc3c(c2)N(CCCc2ccccc2)C(=O)C(C)O3)c1C. The quantitative estimate of drug-likeness (QED) is 0.512. The number of ether oxygens (including phenoxy) is 2. The molecule has 176 valence electrons. The first-order chi connectivity index (χ1) is 16.4. The zero-order valence-corrected chi connectivity index (χ0v) is 19.8. The summed E-state index contributed by atoms with van der Waals surface area (Å²) in [6.07, 6.45) is 1.15. The number of hydrogen-bond acceptors (Lipinski definition) is 4. The van der Waals surface area contributed by atoms with E-state index < -0.39 is 6.10 Å².